The first-order valence-corrected chi connectivity index (χ1v) is 7.51. The highest BCUT2D eigenvalue weighted by Crippen LogP contribution is 2.32. The number of hydrogen-bond donors (Lipinski definition) is 3. The minimum atomic E-state index is -0.908. The molecule has 120 valence electrons. The molecule has 1 fully saturated rings. The van der Waals surface area contributed by atoms with Crippen molar-refractivity contribution in [2.45, 2.75) is 18.8 Å². The Morgan fingerprint density at radius 2 is 1.83 bits per heavy atom. The Kier molecular flexibility index (Phi) is 4.01. The summed E-state index contributed by atoms with van der Waals surface area (Å²) in [4.78, 5) is 21.2. The van der Waals surface area contributed by atoms with Gasteiger partial charge in [0, 0.05) is 30.5 Å². The number of nitrogens with two attached hydrogens (primary N) is 2. The number of carbonyl (C=O) groups is 1. The number of aromatic carboxylic acids is 1. The average Bonchev–Trinajstić information content (AvgIpc) is 2.55. The van der Waals surface area contributed by atoms with Crippen molar-refractivity contribution in [3.8, 4) is 0 Å². The van der Waals surface area contributed by atoms with Crippen LogP contribution in [-0.4, -0.2) is 34.1 Å². The molecule has 7 heteroatoms. The molecular formula is C16H19N5O2. The zero-order valence-electron chi connectivity index (χ0n) is 12.6. The minimum absolute atomic E-state index is 0.196. The van der Waals surface area contributed by atoms with Crippen LogP contribution < -0.4 is 16.4 Å². The van der Waals surface area contributed by atoms with Gasteiger partial charge in [-0.2, -0.15) is 4.98 Å². The SMILES string of the molecule is Nc1ncc(C2CCN(c3ccc(C(=O)O)cc3)CC2)c(N)n1. The molecule has 1 aliphatic rings. The van der Waals surface area contributed by atoms with Gasteiger partial charge < -0.3 is 21.5 Å². The Morgan fingerprint density at radius 1 is 1.17 bits per heavy atom. The lowest BCUT2D eigenvalue weighted by atomic mass is 9.90. The van der Waals surface area contributed by atoms with Crippen LogP contribution >= 0.6 is 0 Å². The molecule has 0 bridgehead atoms. The highest BCUT2D eigenvalue weighted by molar-refractivity contribution is 5.88. The van der Waals surface area contributed by atoms with E-state index < -0.39 is 5.97 Å². The van der Waals surface area contributed by atoms with E-state index >= 15 is 0 Å². The molecule has 0 atom stereocenters. The second-order valence-corrected chi connectivity index (χ2v) is 5.68. The van der Waals surface area contributed by atoms with E-state index in [1.165, 1.54) is 0 Å². The Balaban J connectivity index is 1.67. The van der Waals surface area contributed by atoms with E-state index in [9.17, 15) is 4.79 Å². The molecule has 0 unspecified atom stereocenters. The monoisotopic (exact) mass is 313 g/mol. The summed E-state index contributed by atoms with van der Waals surface area (Å²) in [5.41, 5.74) is 13.8. The molecule has 23 heavy (non-hydrogen) atoms. The van der Waals surface area contributed by atoms with Crippen LogP contribution in [0.1, 0.15) is 34.7 Å². The summed E-state index contributed by atoms with van der Waals surface area (Å²) in [5.74, 6) is 0.0724. The molecule has 0 aliphatic carbocycles. The first kappa shape index (κ1) is 15.1. The van der Waals surface area contributed by atoms with Gasteiger partial charge in [-0.1, -0.05) is 0 Å². The minimum Gasteiger partial charge on any atom is -0.478 e. The van der Waals surface area contributed by atoms with Crippen molar-refractivity contribution < 1.29 is 9.90 Å². The molecule has 1 aromatic heterocycles. The molecular weight excluding hydrogens is 294 g/mol. The molecule has 0 spiro atoms. The molecule has 2 aromatic rings. The van der Waals surface area contributed by atoms with Gasteiger partial charge in [-0.15, -0.1) is 0 Å². The van der Waals surface area contributed by atoms with Crippen molar-refractivity contribution in [1.29, 1.82) is 0 Å². The number of carboxylic acid groups (broad SMARTS) is 1. The molecule has 0 radical (unpaired) electrons. The zero-order valence-corrected chi connectivity index (χ0v) is 12.6. The number of hydrogen-bond acceptors (Lipinski definition) is 6. The van der Waals surface area contributed by atoms with E-state index in [4.69, 9.17) is 16.6 Å². The summed E-state index contributed by atoms with van der Waals surface area (Å²) in [5, 5.41) is 8.95. The summed E-state index contributed by atoms with van der Waals surface area (Å²) in [6.45, 7) is 1.75. The fourth-order valence-corrected chi connectivity index (χ4v) is 3.00. The van der Waals surface area contributed by atoms with Crippen LogP contribution in [0.5, 0.6) is 0 Å². The van der Waals surface area contributed by atoms with Gasteiger partial charge in [0.25, 0.3) is 0 Å². The van der Waals surface area contributed by atoms with Crippen LogP contribution in [-0.2, 0) is 0 Å². The topological polar surface area (TPSA) is 118 Å². The lowest BCUT2D eigenvalue weighted by Gasteiger charge is -2.34. The van der Waals surface area contributed by atoms with Crippen molar-refractivity contribution >= 4 is 23.4 Å². The molecule has 0 amide bonds. The number of carboxylic acids is 1. The normalized spacial score (nSPS) is 15.6. The lowest BCUT2D eigenvalue weighted by Crippen LogP contribution is -2.33. The summed E-state index contributed by atoms with van der Waals surface area (Å²) in [6.07, 6.45) is 3.61. The van der Waals surface area contributed by atoms with Crippen molar-refractivity contribution in [2.24, 2.45) is 0 Å². The zero-order chi connectivity index (χ0) is 16.4. The van der Waals surface area contributed by atoms with E-state index in [2.05, 4.69) is 14.9 Å². The Labute approximate surface area is 134 Å². The van der Waals surface area contributed by atoms with E-state index in [0.29, 0.717) is 17.3 Å². The smallest absolute Gasteiger partial charge is 0.335 e. The second-order valence-electron chi connectivity index (χ2n) is 5.68. The molecule has 1 aliphatic heterocycles. The maximum absolute atomic E-state index is 10.9. The Morgan fingerprint density at radius 3 is 2.39 bits per heavy atom. The molecule has 2 heterocycles. The summed E-state index contributed by atoms with van der Waals surface area (Å²) < 4.78 is 0. The summed E-state index contributed by atoms with van der Waals surface area (Å²) in [6, 6.07) is 6.97. The second kappa shape index (κ2) is 6.12. The molecule has 7 nitrogen and oxygen atoms in total. The maximum Gasteiger partial charge on any atom is 0.335 e. The molecule has 1 aromatic carbocycles. The third-order valence-corrected chi connectivity index (χ3v) is 4.28. The number of benzene rings is 1. The van der Waals surface area contributed by atoms with E-state index in [1.807, 2.05) is 12.1 Å². The molecule has 3 rings (SSSR count). The highest BCUT2D eigenvalue weighted by atomic mass is 16.4. The van der Waals surface area contributed by atoms with Gasteiger partial charge >= 0.3 is 5.97 Å². The number of nitrogens with zero attached hydrogens (tertiary/aromatic N) is 3. The fourth-order valence-electron chi connectivity index (χ4n) is 3.00. The van der Waals surface area contributed by atoms with Gasteiger partial charge in [-0.25, -0.2) is 9.78 Å². The maximum atomic E-state index is 10.9. The Hall–Kier alpha value is -2.83. The van der Waals surface area contributed by atoms with Crippen LogP contribution in [0.3, 0.4) is 0 Å². The fraction of sp³-hybridized carbons (Fsp3) is 0.312. The lowest BCUT2D eigenvalue weighted by molar-refractivity contribution is 0.0697. The number of piperidine rings is 1. The van der Waals surface area contributed by atoms with Crippen LogP contribution in [0.25, 0.3) is 0 Å². The summed E-state index contributed by atoms with van der Waals surface area (Å²) >= 11 is 0. The van der Waals surface area contributed by atoms with Gasteiger partial charge in [0.15, 0.2) is 0 Å². The van der Waals surface area contributed by atoms with Crippen LogP contribution in [0, 0.1) is 0 Å². The predicted molar refractivity (Wildman–Crippen MR) is 88.4 cm³/mol. The van der Waals surface area contributed by atoms with Gasteiger partial charge in [-0.3, -0.25) is 0 Å². The number of rotatable bonds is 3. The van der Waals surface area contributed by atoms with Gasteiger partial charge in [0.1, 0.15) is 5.82 Å². The van der Waals surface area contributed by atoms with Crippen molar-refractivity contribution in [3.05, 3.63) is 41.6 Å². The number of nitrogen functional groups attached to an aromatic ring is 2. The Bertz CT molecular complexity index is 709. The first-order chi connectivity index (χ1) is 11.0. The van der Waals surface area contributed by atoms with Gasteiger partial charge in [-0.05, 0) is 43.0 Å². The molecule has 5 N–H and O–H groups in total. The molecule has 0 saturated carbocycles. The summed E-state index contributed by atoms with van der Waals surface area (Å²) in [7, 11) is 0. The predicted octanol–water partition coefficient (Wildman–Crippen LogP) is 1.72. The largest absolute Gasteiger partial charge is 0.478 e. The van der Waals surface area contributed by atoms with Crippen LogP contribution in [0.15, 0.2) is 30.5 Å². The first-order valence-electron chi connectivity index (χ1n) is 7.51. The average molecular weight is 313 g/mol. The third-order valence-electron chi connectivity index (χ3n) is 4.28. The van der Waals surface area contributed by atoms with Gasteiger partial charge in [0.2, 0.25) is 5.95 Å². The van der Waals surface area contributed by atoms with Crippen molar-refractivity contribution in [1.82, 2.24) is 9.97 Å². The van der Waals surface area contributed by atoms with Crippen molar-refractivity contribution in [2.75, 3.05) is 29.5 Å². The third kappa shape index (κ3) is 3.18. The number of anilines is 3. The van der Waals surface area contributed by atoms with E-state index in [1.54, 1.807) is 18.3 Å². The van der Waals surface area contributed by atoms with E-state index in [0.717, 1.165) is 37.2 Å². The van der Waals surface area contributed by atoms with E-state index in [-0.39, 0.29) is 5.95 Å². The van der Waals surface area contributed by atoms with Crippen LogP contribution in [0.4, 0.5) is 17.5 Å². The van der Waals surface area contributed by atoms with Crippen molar-refractivity contribution in [3.63, 3.8) is 0 Å². The van der Waals surface area contributed by atoms with Crippen LogP contribution in [0.2, 0.25) is 0 Å². The standard InChI is InChI=1S/C16H19N5O2/c17-14-13(9-19-16(18)20-14)10-5-7-21(8-6-10)12-3-1-11(2-4-12)15(22)23/h1-4,9-10H,5-8H2,(H,22,23)(H4,17,18,19,20). The quantitative estimate of drug-likeness (QED) is 0.789. The number of aromatic nitrogens is 2. The van der Waals surface area contributed by atoms with Gasteiger partial charge in [0.05, 0.1) is 5.56 Å². The molecule has 1 saturated heterocycles. The highest BCUT2D eigenvalue weighted by Gasteiger charge is 2.23.